The number of carbonyl (C=O) groups excluding carboxylic acids is 1. The molecule has 0 aromatic heterocycles. The number of rotatable bonds is 6. The van der Waals surface area contributed by atoms with Gasteiger partial charge in [0.05, 0.1) is 6.10 Å². The van der Waals surface area contributed by atoms with Crippen LogP contribution < -0.4 is 5.32 Å². The summed E-state index contributed by atoms with van der Waals surface area (Å²) in [5.41, 5.74) is 0. The molecule has 0 radical (unpaired) electrons. The van der Waals surface area contributed by atoms with E-state index in [0.29, 0.717) is 12.6 Å². The molecule has 20 heavy (non-hydrogen) atoms. The summed E-state index contributed by atoms with van der Waals surface area (Å²) in [6, 6.07) is -0.672. The maximum absolute atomic E-state index is 12.0. The largest absolute Gasteiger partial charge is 0.480 e. The second kappa shape index (κ2) is 6.41. The van der Waals surface area contributed by atoms with Crippen LogP contribution in [0.5, 0.6) is 0 Å². The Morgan fingerprint density at radius 1 is 1.40 bits per heavy atom. The van der Waals surface area contributed by atoms with Crippen LogP contribution in [0.15, 0.2) is 0 Å². The van der Waals surface area contributed by atoms with Crippen molar-refractivity contribution in [2.45, 2.75) is 44.4 Å². The summed E-state index contributed by atoms with van der Waals surface area (Å²) < 4.78 is 0. The molecule has 1 heterocycles. The van der Waals surface area contributed by atoms with E-state index >= 15 is 0 Å². The third-order valence-electron chi connectivity index (χ3n) is 3.97. The summed E-state index contributed by atoms with van der Waals surface area (Å²) in [6.45, 7) is 4.42. The van der Waals surface area contributed by atoms with Crippen LogP contribution in [0.25, 0.3) is 0 Å². The lowest BCUT2D eigenvalue weighted by Crippen LogP contribution is -2.48. The normalized spacial score (nSPS) is 26.1. The molecule has 0 aromatic carbocycles. The SMILES string of the molecule is CCN(CCNC(=O)N1C[C@@H](O)C[C@H]1C(=O)O)C1CC1. The van der Waals surface area contributed by atoms with Crippen LogP contribution in [0.4, 0.5) is 4.79 Å². The summed E-state index contributed by atoms with van der Waals surface area (Å²) in [5, 5.41) is 21.3. The molecule has 1 saturated heterocycles. The molecule has 0 spiro atoms. The van der Waals surface area contributed by atoms with Gasteiger partial charge >= 0.3 is 12.0 Å². The molecule has 0 unspecified atom stereocenters. The number of nitrogens with one attached hydrogen (secondary N) is 1. The first-order chi connectivity index (χ1) is 9.52. The molecule has 7 heteroatoms. The topological polar surface area (TPSA) is 93.1 Å². The maximum atomic E-state index is 12.0. The highest BCUT2D eigenvalue weighted by Crippen LogP contribution is 2.25. The molecule has 2 amide bonds. The van der Waals surface area contributed by atoms with Gasteiger partial charge in [0.1, 0.15) is 6.04 Å². The van der Waals surface area contributed by atoms with E-state index in [9.17, 15) is 14.7 Å². The van der Waals surface area contributed by atoms with Crippen molar-refractivity contribution in [3.8, 4) is 0 Å². The second-order valence-electron chi connectivity index (χ2n) is 5.49. The second-order valence-corrected chi connectivity index (χ2v) is 5.49. The minimum atomic E-state index is -1.06. The fourth-order valence-electron chi connectivity index (χ4n) is 2.72. The average Bonchev–Trinajstić information content (AvgIpc) is 3.16. The van der Waals surface area contributed by atoms with Crippen LogP contribution in [0.2, 0.25) is 0 Å². The number of carboxylic acids is 1. The quantitative estimate of drug-likeness (QED) is 0.623. The molecule has 0 bridgehead atoms. The first-order valence-corrected chi connectivity index (χ1v) is 7.22. The molecule has 2 rings (SSSR count). The van der Waals surface area contributed by atoms with E-state index in [0.717, 1.165) is 13.1 Å². The number of hydrogen-bond acceptors (Lipinski definition) is 4. The van der Waals surface area contributed by atoms with Gasteiger partial charge in [-0.2, -0.15) is 0 Å². The fourth-order valence-corrected chi connectivity index (χ4v) is 2.72. The van der Waals surface area contributed by atoms with E-state index in [-0.39, 0.29) is 13.0 Å². The number of carboxylic acid groups (broad SMARTS) is 1. The molecule has 7 nitrogen and oxygen atoms in total. The van der Waals surface area contributed by atoms with Gasteiger partial charge in [-0.25, -0.2) is 9.59 Å². The molecule has 114 valence electrons. The van der Waals surface area contributed by atoms with E-state index in [1.54, 1.807) is 0 Å². The van der Waals surface area contributed by atoms with E-state index in [2.05, 4.69) is 17.1 Å². The predicted octanol–water partition coefficient (Wildman–Crippen LogP) is -0.300. The van der Waals surface area contributed by atoms with E-state index < -0.39 is 24.1 Å². The van der Waals surface area contributed by atoms with Crippen molar-refractivity contribution in [2.75, 3.05) is 26.2 Å². The van der Waals surface area contributed by atoms with Crippen molar-refractivity contribution in [3.05, 3.63) is 0 Å². The molecular formula is C13H23N3O4. The maximum Gasteiger partial charge on any atom is 0.326 e. The highest BCUT2D eigenvalue weighted by molar-refractivity contribution is 5.83. The third kappa shape index (κ3) is 3.61. The molecule has 1 aliphatic carbocycles. The van der Waals surface area contributed by atoms with Crippen molar-refractivity contribution >= 4 is 12.0 Å². The zero-order valence-electron chi connectivity index (χ0n) is 11.8. The number of carbonyl (C=O) groups is 2. The molecule has 2 aliphatic rings. The molecular weight excluding hydrogens is 262 g/mol. The molecule has 1 saturated carbocycles. The average molecular weight is 285 g/mol. The Labute approximate surface area is 118 Å². The van der Waals surface area contributed by atoms with E-state index in [4.69, 9.17) is 5.11 Å². The number of aliphatic hydroxyl groups excluding tert-OH is 1. The Morgan fingerprint density at radius 3 is 2.65 bits per heavy atom. The highest BCUT2D eigenvalue weighted by Gasteiger charge is 2.38. The molecule has 3 N–H and O–H groups in total. The van der Waals surface area contributed by atoms with Crippen molar-refractivity contribution < 1.29 is 19.8 Å². The smallest absolute Gasteiger partial charge is 0.326 e. The highest BCUT2D eigenvalue weighted by atomic mass is 16.4. The fraction of sp³-hybridized carbons (Fsp3) is 0.846. The van der Waals surface area contributed by atoms with Gasteiger partial charge < -0.3 is 20.4 Å². The van der Waals surface area contributed by atoms with Crippen molar-refractivity contribution in [1.82, 2.24) is 15.1 Å². The van der Waals surface area contributed by atoms with Crippen molar-refractivity contribution in [3.63, 3.8) is 0 Å². The lowest BCUT2D eigenvalue weighted by molar-refractivity contribution is -0.141. The van der Waals surface area contributed by atoms with Crippen LogP contribution in [0.3, 0.4) is 0 Å². The van der Waals surface area contributed by atoms with Crippen LogP contribution in [0, 0.1) is 0 Å². The van der Waals surface area contributed by atoms with Crippen LogP contribution in [-0.2, 0) is 4.79 Å². The standard InChI is InChI=1S/C13H23N3O4/c1-2-15(9-3-4-9)6-5-14-13(20)16-8-10(17)7-11(16)12(18)19/h9-11,17H,2-8H2,1H3,(H,14,20)(H,18,19)/t10-,11-/m0/s1. The number of hydrogen-bond donors (Lipinski definition) is 3. The van der Waals surface area contributed by atoms with Gasteiger partial charge in [0.2, 0.25) is 0 Å². The lowest BCUT2D eigenvalue weighted by Gasteiger charge is -2.24. The Balaban J connectivity index is 1.77. The number of likely N-dealkylation sites (tertiary alicyclic amines) is 1. The number of aliphatic hydroxyl groups is 1. The predicted molar refractivity (Wildman–Crippen MR) is 72.4 cm³/mol. The van der Waals surface area contributed by atoms with E-state index in [1.165, 1.54) is 17.7 Å². The van der Waals surface area contributed by atoms with Crippen LogP contribution in [0.1, 0.15) is 26.2 Å². The summed E-state index contributed by atoms with van der Waals surface area (Å²) >= 11 is 0. The lowest BCUT2D eigenvalue weighted by atomic mass is 10.2. The van der Waals surface area contributed by atoms with Crippen LogP contribution in [-0.4, -0.2) is 76.4 Å². The Morgan fingerprint density at radius 2 is 2.10 bits per heavy atom. The number of urea groups is 1. The van der Waals surface area contributed by atoms with Gasteiger partial charge in [-0.3, -0.25) is 4.90 Å². The minimum absolute atomic E-state index is 0.0862. The third-order valence-corrected chi connectivity index (χ3v) is 3.97. The summed E-state index contributed by atoms with van der Waals surface area (Å²) in [5.74, 6) is -1.06. The molecule has 1 aliphatic heterocycles. The number of likely N-dealkylation sites (N-methyl/N-ethyl adjacent to an activating group) is 1. The molecule has 2 fully saturated rings. The Hall–Kier alpha value is -1.34. The Kier molecular flexibility index (Phi) is 4.82. The Bertz CT molecular complexity index is 373. The summed E-state index contributed by atoms with van der Waals surface area (Å²) in [7, 11) is 0. The number of nitrogens with zero attached hydrogens (tertiary/aromatic N) is 2. The van der Waals surface area contributed by atoms with Gasteiger partial charge in [-0.15, -0.1) is 0 Å². The van der Waals surface area contributed by atoms with Gasteiger partial charge in [-0.1, -0.05) is 6.92 Å². The summed E-state index contributed by atoms with van der Waals surface area (Å²) in [4.78, 5) is 26.6. The number of β-amino-alcohol motifs (C(OH)–C–C–N with tert-alkyl or cyclic N) is 1. The van der Waals surface area contributed by atoms with Gasteiger partial charge in [0.15, 0.2) is 0 Å². The van der Waals surface area contributed by atoms with Crippen LogP contribution >= 0.6 is 0 Å². The monoisotopic (exact) mass is 285 g/mol. The summed E-state index contributed by atoms with van der Waals surface area (Å²) in [6.07, 6.45) is 1.80. The molecule has 2 atom stereocenters. The van der Waals surface area contributed by atoms with Crippen molar-refractivity contribution in [1.29, 1.82) is 0 Å². The first kappa shape index (κ1) is 15.1. The van der Waals surface area contributed by atoms with Gasteiger partial charge in [-0.05, 0) is 19.4 Å². The zero-order chi connectivity index (χ0) is 14.7. The number of aliphatic carboxylic acids is 1. The molecule has 0 aromatic rings. The van der Waals surface area contributed by atoms with E-state index in [1.807, 2.05) is 0 Å². The minimum Gasteiger partial charge on any atom is -0.480 e. The van der Waals surface area contributed by atoms with Gasteiger partial charge in [0.25, 0.3) is 0 Å². The van der Waals surface area contributed by atoms with Crippen molar-refractivity contribution in [2.24, 2.45) is 0 Å². The first-order valence-electron chi connectivity index (χ1n) is 7.22. The van der Waals surface area contributed by atoms with Gasteiger partial charge in [0, 0.05) is 32.1 Å². The number of amides is 2. The zero-order valence-corrected chi connectivity index (χ0v) is 11.8.